The van der Waals surface area contributed by atoms with Crippen LogP contribution < -0.4 is 4.74 Å². The van der Waals surface area contributed by atoms with Gasteiger partial charge in [-0.25, -0.2) is 8.42 Å². The molecule has 7 nitrogen and oxygen atoms in total. The van der Waals surface area contributed by atoms with Gasteiger partial charge in [0.2, 0.25) is 15.9 Å². The summed E-state index contributed by atoms with van der Waals surface area (Å²) in [6, 6.07) is 15.7. The van der Waals surface area contributed by atoms with Crippen molar-refractivity contribution in [1.29, 1.82) is 5.26 Å². The van der Waals surface area contributed by atoms with E-state index in [0.717, 1.165) is 43.4 Å². The molecular formula is C25H29N3O4S. The second-order valence-electron chi connectivity index (χ2n) is 8.70. The van der Waals surface area contributed by atoms with Gasteiger partial charge in [-0.1, -0.05) is 31.4 Å². The number of sulfonamides is 1. The average Bonchev–Trinajstić information content (AvgIpc) is 2.88. The third kappa shape index (κ3) is 4.48. The maximum Gasteiger partial charge on any atom is 0.243 e. The Balaban J connectivity index is 1.50. The highest BCUT2D eigenvalue weighted by molar-refractivity contribution is 7.89. The normalized spacial score (nSPS) is 19.0. The molecule has 4 rings (SSSR count). The maximum atomic E-state index is 13.8. The SMILES string of the molecule is COc1ccc(C2(C(=O)N3CCN(S(=O)(=O)c4ccc(C#N)cc4)CC3)CCCCC2)cc1. The van der Waals surface area contributed by atoms with E-state index < -0.39 is 15.4 Å². The summed E-state index contributed by atoms with van der Waals surface area (Å²) in [7, 11) is -2.04. The minimum atomic E-state index is -3.66. The molecule has 0 radical (unpaired) electrons. The lowest BCUT2D eigenvalue weighted by molar-refractivity contribution is -0.140. The highest BCUT2D eigenvalue weighted by Crippen LogP contribution is 2.42. The molecule has 2 fully saturated rings. The van der Waals surface area contributed by atoms with Crippen LogP contribution in [-0.2, 0) is 20.2 Å². The summed E-state index contributed by atoms with van der Waals surface area (Å²) in [4.78, 5) is 15.8. The first kappa shape index (κ1) is 23.3. The minimum absolute atomic E-state index is 0.0998. The van der Waals surface area contributed by atoms with Crippen molar-refractivity contribution in [2.45, 2.75) is 42.4 Å². The molecule has 174 valence electrons. The fourth-order valence-corrected chi connectivity index (χ4v) is 6.40. The summed E-state index contributed by atoms with van der Waals surface area (Å²) >= 11 is 0. The van der Waals surface area contributed by atoms with Gasteiger partial charge in [0.25, 0.3) is 0 Å². The number of piperazine rings is 1. The lowest BCUT2D eigenvalue weighted by Crippen LogP contribution is -2.56. The van der Waals surface area contributed by atoms with E-state index in [1.807, 2.05) is 35.2 Å². The molecular weight excluding hydrogens is 438 g/mol. The number of hydrogen-bond acceptors (Lipinski definition) is 5. The standard InChI is InChI=1S/C25H29N3O4S/c1-32-22-9-7-21(8-10-22)25(13-3-2-4-14-25)24(29)27-15-17-28(18-16-27)33(30,31)23-11-5-20(19-26)6-12-23/h5-12H,2-4,13-18H2,1H3. The third-order valence-corrected chi connectivity index (χ3v) is 8.82. The Morgan fingerprint density at radius 2 is 1.55 bits per heavy atom. The molecule has 0 N–H and O–H groups in total. The topological polar surface area (TPSA) is 90.7 Å². The number of amides is 1. The molecule has 33 heavy (non-hydrogen) atoms. The maximum absolute atomic E-state index is 13.8. The monoisotopic (exact) mass is 467 g/mol. The van der Waals surface area contributed by atoms with Crippen molar-refractivity contribution in [2.24, 2.45) is 0 Å². The fraction of sp³-hybridized carbons (Fsp3) is 0.440. The first-order chi connectivity index (χ1) is 15.9. The number of nitriles is 1. The van der Waals surface area contributed by atoms with Gasteiger partial charge >= 0.3 is 0 Å². The van der Waals surface area contributed by atoms with Gasteiger partial charge in [0.1, 0.15) is 5.75 Å². The number of nitrogens with zero attached hydrogens (tertiary/aromatic N) is 3. The van der Waals surface area contributed by atoms with Crippen molar-refractivity contribution >= 4 is 15.9 Å². The number of carbonyl (C=O) groups is 1. The van der Waals surface area contributed by atoms with Crippen molar-refractivity contribution in [1.82, 2.24) is 9.21 Å². The molecule has 0 aromatic heterocycles. The molecule has 1 aliphatic carbocycles. The van der Waals surface area contributed by atoms with Crippen molar-refractivity contribution < 1.29 is 17.9 Å². The molecule has 0 unspecified atom stereocenters. The van der Waals surface area contributed by atoms with Crippen molar-refractivity contribution in [2.75, 3.05) is 33.3 Å². The van der Waals surface area contributed by atoms with Crippen molar-refractivity contribution in [3.63, 3.8) is 0 Å². The van der Waals surface area contributed by atoms with Crippen LogP contribution in [0.3, 0.4) is 0 Å². The highest BCUT2D eigenvalue weighted by atomic mass is 32.2. The summed E-state index contributed by atoms with van der Waals surface area (Å²) in [5.74, 6) is 0.863. The van der Waals surface area contributed by atoms with E-state index in [1.165, 1.54) is 28.6 Å². The fourth-order valence-electron chi connectivity index (χ4n) is 4.98. The first-order valence-corrected chi connectivity index (χ1v) is 12.8. The molecule has 1 aliphatic heterocycles. The number of methoxy groups -OCH3 is 1. The van der Waals surface area contributed by atoms with Crippen LogP contribution in [0.4, 0.5) is 0 Å². The smallest absolute Gasteiger partial charge is 0.243 e. The van der Waals surface area contributed by atoms with Gasteiger partial charge < -0.3 is 9.64 Å². The Morgan fingerprint density at radius 1 is 0.939 bits per heavy atom. The summed E-state index contributed by atoms with van der Waals surface area (Å²) in [6.45, 7) is 1.25. The molecule has 1 saturated heterocycles. The third-order valence-electron chi connectivity index (χ3n) is 6.91. The average molecular weight is 468 g/mol. The Hall–Kier alpha value is -2.89. The van der Waals surface area contributed by atoms with Crippen molar-refractivity contribution in [3.8, 4) is 11.8 Å². The Bertz CT molecular complexity index is 1120. The second kappa shape index (κ2) is 9.54. The lowest BCUT2D eigenvalue weighted by Gasteiger charge is -2.43. The van der Waals surface area contributed by atoms with Crippen LogP contribution >= 0.6 is 0 Å². The van der Waals surface area contributed by atoms with E-state index in [2.05, 4.69) is 0 Å². The van der Waals surface area contributed by atoms with Gasteiger partial charge in [-0.15, -0.1) is 0 Å². The molecule has 1 heterocycles. The van der Waals surface area contributed by atoms with Crippen LogP contribution in [0, 0.1) is 11.3 Å². The zero-order valence-electron chi connectivity index (χ0n) is 18.9. The molecule has 1 saturated carbocycles. The van der Waals surface area contributed by atoms with Crippen molar-refractivity contribution in [3.05, 3.63) is 59.7 Å². The number of rotatable bonds is 5. The zero-order chi connectivity index (χ0) is 23.5. The van der Waals surface area contributed by atoms with Crippen LogP contribution in [0.25, 0.3) is 0 Å². The molecule has 8 heteroatoms. The van der Waals surface area contributed by atoms with Gasteiger partial charge in [0.15, 0.2) is 0 Å². The van der Waals surface area contributed by atoms with Crippen LogP contribution in [0.2, 0.25) is 0 Å². The molecule has 0 spiro atoms. The summed E-state index contributed by atoms with van der Waals surface area (Å²) in [5, 5.41) is 8.94. The minimum Gasteiger partial charge on any atom is -0.497 e. The van der Waals surface area contributed by atoms with E-state index in [1.54, 1.807) is 7.11 Å². The van der Waals surface area contributed by atoms with E-state index in [4.69, 9.17) is 10.00 Å². The van der Waals surface area contributed by atoms with Crippen LogP contribution in [0.1, 0.15) is 43.2 Å². The summed E-state index contributed by atoms with van der Waals surface area (Å²) in [6.07, 6.45) is 4.75. The molecule has 0 atom stereocenters. The molecule has 2 aromatic carbocycles. The van der Waals surface area contributed by atoms with E-state index in [-0.39, 0.29) is 23.9 Å². The van der Waals surface area contributed by atoms with E-state index in [0.29, 0.717) is 18.7 Å². The van der Waals surface area contributed by atoms with E-state index in [9.17, 15) is 13.2 Å². The largest absolute Gasteiger partial charge is 0.497 e. The Kier molecular flexibility index (Phi) is 6.73. The molecule has 2 aromatic rings. The van der Waals surface area contributed by atoms with Crippen LogP contribution in [0.15, 0.2) is 53.4 Å². The number of ether oxygens (including phenoxy) is 1. The highest BCUT2D eigenvalue weighted by Gasteiger charge is 2.44. The second-order valence-corrected chi connectivity index (χ2v) is 10.6. The number of benzene rings is 2. The van der Waals surface area contributed by atoms with Gasteiger partial charge in [-0.05, 0) is 54.8 Å². The summed E-state index contributed by atoms with van der Waals surface area (Å²) in [5.41, 5.74) is 0.875. The Labute approximate surface area is 195 Å². The quantitative estimate of drug-likeness (QED) is 0.673. The first-order valence-electron chi connectivity index (χ1n) is 11.3. The number of carbonyl (C=O) groups excluding carboxylic acids is 1. The predicted molar refractivity (Wildman–Crippen MR) is 124 cm³/mol. The number of hydrogen-bond donors (Lipinski definition) is 0. The van der Waals surface area contributed by atoms with Crippen LogP contribution in [0.5, 0.6) is 5.75 Å². The molecule has 0 bridgehead atoms. The van der Waals surface area contributed by atoms with Gasteiger partial charge in [0, 0.05) is 26.2 Å². The zero-order valence-corrected chi connectivity index (χ0v) is 19.7. The van der Waals surface area contributed by atoms with Crippen LogP contribution in [-0.4, -0.2) is 56.8 Å². The van der Waals surface area contributed by atoms with E-state index >= 15 is 0 Å². The van der Waals surface area contributed by atoms with Gasteiger partial charge in [-0.3, -0.25) is 4.79 Å². The van der Waals surface area contributed by atoms with Gasteiger partial charge in [0.05, 0.1) is 29.1 Å². The Morgan fingerprint density at radius 3 is 2.09 bits per heavy atom. The molecule has 2 aliphatic rings. The summed E-state index contributed by atoms with van der Waals surface area (Å²) < 4.78 is 32.8. The molecule has 1 amide bonds. The predicted octanol–water partition coefficient (Wildman–Crippen LogP) is 3.30. The lowest BCUT2D eigenvalue weighted by atomic mass is 9.68. The van der Waals surface area contributed by atoms with Gasteiger partial charge in [-0.2, -0.15) is 9.57 Å².